The van der Waals surface area contributed by atoms with E-state index in [0.717, 1.165) is 4.57 Å². The number of nitriles is 1. The van der Waals surface area contributed by atoms with Crippen molar-refractivity contribution in [3.8, 4) is 11.9 Å². The number of pyridine rings is 1. The van der Waals surface area contributed by atoms with Crippen LogP contribution in [0.15, 0.2) is 39.3 Å². The van der Waals surface area contributed by atoms with Crippen molar-refractivity contribution in [2.75, 3.05) is 0 Å². The lowest BCUT2D eigenvalue weighted by Gasteiger charge is -2.17. The zero-order chi connectivity index (χ0) is 19.4. The number of benzene rings is 1. The van der Waals surface area contributed by atoms with Gasteiger partial charge >= 0.3 is 0 Å². The molecule has 0 spiro atoms. The summed E-state index contributed by atoms with van der Waals surface area (Å²) < 4.78 is 1.08. The molecular weight excluding hydrogens is 338 g/mol. The fourth-order valence-electron chi connectivity index (χ4n) is 2.43. The first-order valence-corrected chi connectivity index (χ1v) is 7.86. The molecule has 0 fully saturated rings. The number of aromatic nitrogens is 1. The third kappa shape index (κ3) is 3.30. The van der Waals surface area contributed by atoms with Crippen molar-refractivity contribution < 1.29 is 10.0 Å². The summed E-state index contributed by atoms with van der Waals surface area (Å²) in [7, 11) is 0. The van der Waals surface area contributed by atoms with E-state index in [-0.39, 0.29) is 34.2 Å². The molecule has 0 saturated carbocycles. The van der Waals surface area contributed by atoms with Gasteiger partial charge in [-0.15, -0.1) is 10.2 Å². The van der Waals surface area contributed by atoms with Gasteiger partial charge in [-0.1, -0.05) is 19.1 Å². The van der Waals surface area contributed by atoms with Gasteiger partial charge in [0.1, 0.15) is 11.6 Å². The maximum Gasteiger partial charge on any atom is 0.296 e. The molecule has 2 aromatic rings. The Morgan fingerprint density at radius 3 is 2.62 bits per heavy atom. The topological polar surface area (TPSA) is 134 Å². The molecule has 9 heteroatoms. The Hall–Kier alpha value is -3.54. The molecule has 1 N–H and O–H groups in total. The Morgan fingerprint density at radius 1 is 1.38 bits per heavy atom. The molecule has 1 aromatic heterocycles. The summed E-state index contributed by atoms with van der Waals surface area (Å²) in [5, 5.41) is 38.3. The van der Waals surface area contributed by atoms with Gasteiger partial charge in [0.25, 0.3) is 11.2 Å². The maximum atomic E-state index is 12.7. The Kier molecular flexibility index (Phi) is 5.47. The maximum absolute atomic E-state index is 12.7. The highest BCUT2D eigenvalue weighted by Gasteiger charge is 2.22. The highest BCUT2D eigenvalue weighted by molar-refractivity contribution is 5.59. The molecule has 1 aromatic carbocycles. The van der Waals surface area contributed by atoms with E-state index in [2.05, 4.69) is 10.2 Å². The fraction of sp³-hybridized carbons (Fsp3) is 0.294. The summed E-state index contributed by atoms with van der Waals surface area (Å²) in [6.07, 6.45) is 0.544. The molecule has 9 nitrogen and oxygen atoms in total. The number of nitro groups is 1. The Morgan fingerprint density at radius 2 is 2.04 bits per heavy atom. The van der Waals surface area contributed by atoms with Gasteiger partial charge in [-0.25, -0.2) is 0 Å². The molecule has 0 aliphatic rings. The van der Waals surface area contributed by atoms with Crippen LogP contribution >= 0.6 is 0 Å². The van der Waals surface area contributed by atoms with Gasteiger partial charge in [-0.3, -0.25) is 19.5 Å². The first-order valence-electron chi connectivity index (χ1n) is 7.86. The van der Waals surface area contributed by atoms with E-state index in [0.29, 0.717) is 6.42 Å². The van der Waals surface area contributed by atoms with E-state index in [9.17, 15) is 25.3 Å². The third-order valence-corrected chi connectivity index (χ3v) is 4.08. The molecule has 26 heavy (non-hydrogen) atoms. The van der Waals surface area contributed by atoms with Gasteiger partial charge in [0.2, 0.25) is 5.88 Å². The number of rotatable bonds is 5. The largest absolute Gasteiger partial charge is 0.493 e. The average molecular weight is 355 g/mol. The predicted molar refractivity (Wildman–Crippen MR) is 94.1 cm³/mol. The lowest BCUT2D eigenvalue weighted by Crippen LogP contribution is -2.24. The van der Waals surface area contributed by atoms with Crippen LogP contribution in [0.5, 0.6) is 5.88 Å². The van der Waals surface area contributed by atoms with Crippen LogP contribution in [0.3, 0.4) is 0 Å². The van der Waals surface area contributed by atoms with Gasteiger partial charge in [0.15, 0.2) is 11.4 Å². The molecular formula is C17H17N5O4. The quantitative estimate of drug-likeness (QED) is 0.491. The predicted octanol–water partition coefficient (Wildman–Crippen LogP) is 4.03. The van der Waals surface area contributed by atoms with Crippen molar-refractivity contribution in [2.45, 2.75) is 33.2 Å². The van der Waals surface area contributed by atoms with Crippen LogP contribution in [0.1, 0.15) is 37.4 Å². The van der Waals surface area contributed by atoms with Gasteiger partial charge in [-0.05, 0) is 26.3 Å². The SMILES string of the molecule is CCC(C)n1c(O)c(C#N)c(C)c(N=Nc2ccccc2[N+](=O)[O-])c1=O. The average Bonchev–Trinajstić information content (AvgIpc) is 2.61. The van der Waals surface area contributed by atoms with E-state index < -0.39 is 16.4 Å². The smallest absolute Gasteiger partial charge is 0.296 e. The number of nitro benzene ring substituents is 1. The first kappa shape index (κ1) is 18.8. The number of para-hydroxylation sites is 1. The minimum Gasteiger partial charge on any atom is -0.493 e. The molecule has 0 aliphatic heterocycles. The second kappa shape index (κ2) is 7.57. The summed E-state index contributed by atoms with van der Waals surface area (Å²) >= 11 is 0. The van der Waals surface area contributed by atoms with Crippen molar-refractivity contribution in [3.63, 3.8) is 0 Å². The van der Waals surface area contributed by atoms with Crippen molar-refractivity contribution in [1.29, 1.82) is 5.26 Å². The number of aromatic hydroxyl groups is 1. The number of hydrogen-bond donors (Lipinski definition) is 1. The third-order valence-electron chi connectivity index (χ3n) is 4.08. The summed E-state index contributed by atoms with van der Waals surface area (Å²) in [5.41, 5.74) is -0.944. The summed E-state index contributed by atoms with van der Waals surface area (Å²) in [5.74, 6) is -0.422. The van der Waals surface area contributed by atoms with E-state index >= 15 is 0 Å². The van der Waals surface area contributed by atoms with Crippen LogP contribution in [0.4, 0.5) is 17.1 Å². The molecule has 0 radical (unpaired) electrons. The minimum absolute atomic E-state index is 0.0158. The molecule has 1 unspecified atom stereocenters. The van der Waals surface area contributed by atoms with Crippen LogP contribution in [0.25, 0.3) is 0 Å². The summed E-state index contributed by atoms with van der Waals surface area (Å²) in [4.78, 5) is 23.2. The van der Waals surface area contributed by atoms with Crippen LogP contribution in [-0.4, -0.2) is 14.6 Å². The van der Waals surface area contributed by atoms with Gasteiger partial charge in [0, 0.05) is 17.7 Å². The van der Waals surface area contributed by atoms with Crippen molar-refractivity contribution in [2.24, 2.45) is 10.2 Å². The number of hydrogen-bond acceptors (Lipinski definition) is 7. The van der Waals surface area contributed by atoms with Gasteiger partial charge < -0.3 is 5.11 Å². The van der Waals surface area contributed by atoms with E-state index in [1.54, 1.807) is 13.0 Å². The van der Waals surface area contributed by atoms with Gasteiger partial charge in [-0.2, -0.15) is 5.26 Å². The van der Waals surface area contributed by atoms with Crippen molar-refractivity contribution in [1.82, 2.24) is 4.57 Å². The van der Waals surface area contributed by atoms with Crippen LogP contribution < -0.4 is 5.56 Å². The lowest BCUT2D eigenvalue weighted by molar-refractivity contribution is -0.384. The van der Waals surface area contributed by atoms with Crippen LogP contribution in [-0.2, 0) is 0 Å². The molecule has 0 aliphatic carbocycles. The molecule has 2 rings (SSSR count). The summed E-state index contributed by atoms with van der Waals surface area (Å²) in [6, 6.07) is 7.22. The van der Waals surface area contributed by atoms with Gasteiger partial charge in [0.05, 0.1) is 4.92 Å². The fourth-order valence-corrected chi connectivity index (χ4v) is 2.43. The molecule has 0 saturated heterocycles. The highest BCUT2D eigenvalue weighted by atomic mass is 16.6. The van der Waals surface area contributed by atoms with E-state index in [4.69, 9.17) is 0 Å². The van der Waals surface area contributed by atoms with E-state index in [1.165, 1.54) is 25.1 Å². The number of nitrogens with zero attached hydrogens (tertiary/aromatic N) is 5. The highest BCUT2D eigenvalue weighted by Crippen LogP contribution is 2.31. The molecule has 1 atom stereocenters. The Labute approximate surface area is 149 Å². The molecule has 0 bridgehead atoms. The zero-order valence-electron chi connectivity index (χ0n) is 14.5. The normalized spacial score (nSPS) is 12.1. The Bertz CT molecular complexity index is 988. The van der Waals surface area contributed by atoms with Crippen molar-refractivity contribution >= 4 is 17.1 Å². The van der Waals surface area contributed by atoms with Crippen LogP contribution in [0, 0.1) is 28.4 Å². The minimum atomic E-state index is -0.615. The Balaban J connectivity index is 2.70. The standard InChI is InChI=1S/C17H17N5O4/c1-4-10(2)21-16(23)12(9-18)11(3)15(17(21)24)20-19-13-7-5-6-8-14(13)22(25)26/h5-8,10,23H,4H2,1-3H3. The monoisotopic (exact) mass is 355 g/mol. The molecule has 134 valence electrons. The first-order chi connectivity index (χ1) is 12.3. The van der Waals surface area contributed by atoms with Crippen molar-refractivity contribution in [3.05, 3.63) is 55.9 Å². The molecule has 0 amide bonds. The van der Waals surface area contributed by atoms with Crippen LogP contribution in [0.2, 0.25) is 0 Å². The lowest BCUT2D eigenvalue weighted by atomic mass is 10.1. The second-order valence-corrected chi connectivity index (χ2v) is 5.66. The summed E-state index contributed by atoms with van der Waals surface area (Å²) in [6.45, 7) is 5.02. The molecule has 1 heterocycles. The second-order valence-electron chi connectivity index (χ2n) is 5.66. The van der Waals surface area contributed by atoms with E-state index in [1.807, 2.05) is 13.0 Å². The zero-order valence-corrected chi connectivity index (χ0v) is 14.5. The number of azo groups is 1.